The highest BCUT2D eigenvalue weighted by Crippen LogP contribution is 2.31. The van der Waals surface area contributed by atoms with Crippen LogP contribution in [0.5, 0.6) is 0 Å². The van der Waals surface area contributed by atoms with Gasteiger partial charge in [0.05, 0.1) is 5.02 Å². The highest BCUT2D eigenvalue weighted by molar-refractivity contribution is 7.10. The van der Waals surface area contributed by atoms with Gasteiger partial charge in [-0.25, -0.2) is 0 Å². The second kappa shape index (κ2) is 7.39. The molecule has 0 saturated carbocycles. The summed E-state index contributed by atoms with van der Waals surface area (Å²) >= 11 is 7.67. The van der Waals surface area contributed by atoms with Gasteiger partial charge in [0.1, 0.15) is 23.1 Å². The first kappa shape index (κ1) is 17.7. The van der Waals surface area contributed by atoms with E-state index in [0.717, 1.165) is 10.4 Å². The SMILES string of the molecule is Cc1ccsc1[C@@H](O)CNC(=O)c1c(-c2ccccc2Cl)noc1C. The fraction of sp³-hybridized carbons (Fsp3) is 0.222. The van der Waals surface area contributed by atoms with Crippen LogP contribution in [0.4, 0.5) is 0 Å². The maximum atomic E-state index is 12.6. The van der Waals surface area contributed by atoms with Gasteiger partial charge in [0.2, 0.25) is 0 Å². The Balaban J connectivity index is 1.80. The van der Waals surface area contributed by atoms with Crippen LogP contribution in [0, 0.1) is 13.8 Å². The first-order valence-electron chi connectivity index (χ1n) is 7.70. The second-order valence-corrected chi connectivity index (χ2v) is 6.99. The molecule has 3 aromatic rings. The highest BCUT2D eigenvalue weighted by atomic mass is 35.5. The zero-order valence-corrected chi connectivity index (χ0v) is 15.3. The molecule has 0 radical (unpaired) electrons. The Morgan fingerprint density at radius 2 is 2.12 bits per heavy atom. The molecular formula is C18H17ClN2O3S. The number of aliphatic hydroxyl groups is 1. The number of hydrogen-bond acceptors (Lipinski definition) is 5. The Bertz CT molecular complexity index is 903. The highest BCUT2D eigenvalue weighted by Gasteiger charge is 2.23. The number of benzene rings is 1. The molecule has 0 aliphatic heterocycles. The van der Waals surface area contributed by atoms with E-state index in [4.69, 9.17) is 16.1 Å². The van der Waals surface area contributed by atoms with Gasteiger partial charge in [0, 0.05) is 17.0 Å². The van der Waals surface area contributed by atoms with E-state index in [-0.39, 0.29) is 12.5 Å². The standard InChI is InChI=1S/C18H17ClN2O3S/c1-10-7-8-25-17(10)14(22)9-20-18(23)15-11(2)24-21-16(15)12-5-3-4-6-13(12)19/h3-8,14,22H,9H2,1-2H3,(H,20,23)/t14-/m0/s1. The van der Waals surface area contributed by atoms with E-state index in [2.05, 4.69) is 10.5 Å². The van der Waals surface area contributed by atoms with E-state index >= 15 is 0 Å². The molecule has 3 rings (SSSR count). The normalized spacial score (nSPS) is 12.2. The molecule has 0 bridgehead atoms. The summed E-state index contributed by atoms with van der Waals surface area (Å²) in [5.41, 5.74) is 2.34. The van der Waals surface area contributed by atoms with E-state index < -0.39 is 6.10 Å². The predicted octanol–water partition coefficient (Wildman–Crippen LogP) is 4.14. The minimum absolute atomic E-state index is 0.104. The quantitative estimate of drug-likeness (QED) is 0.701. The fourth-order valence-electron chi connectivity index (χ4n) is 2.57. The lowest BCUT2D eigenvalue weighted by Gasteiger charge is -2.12. The van der Waals surface area contributed by atoms with Crippen molar-refractivity contribution >= 4 is 28.8 Å². The van der Waals surface area contributed by atoms with Crippen molar-refractivity contribution in [3.8, 4) is 11.3 Å². The Hall–Kier alpha value is -2.15. The zero-order chi connectivity index (χ0) is 18.0. The first-order chi connectivity index (χ1) is 12.0. The minimum Gasteiger partial charge on any atom is -0.386 e. The van der Waals surface area contributed by atoms with Crippen LogP contribution < -0.4 is 5.32 Å². The predicted molar refractivity (Wildman–Crippen MR) is 98.0 cm³/mol. The number of carbonyl (C=O) groups is 1. The van der Waals surface area contributed by atoms with Gasteiger partial charge in [-0.15, -0.1) is 11.3 Å². The smallest absolute Gasteiger partial charge is 0.257 e. The minimum atomic E-state index is -0.757. The molecule has 1 atom stereocenters. The Kier molecular flexibility index (Phi) is 5.22. The molecule has 0 unspecified atom stereocenters. The summed E-state index contributed by atoms with van der Waals surface area (Å²) < 4.78 is 5.19. The molecule has 7 heteroatoms. The summed E-state index contributed by atoms with van der Waals surface area (Å²) in [5.74, 6) is 0.0381. The molecular weight excluding hydrogens is 360 g/mol. The molecule has 2 heterocycles. The fourth-order valence-corrected chi connectivity index (χ4v) is 3.71. The summed E-state index contributed by atoms with van der Waals surface area (Å²) in [4.78, 5) is 13.5. The van der Waals surface area contributed by atoms with E-state index in [9.17, 15) is 9.90 Å². The lowest BCUT2D eigenvalue weighted by Crippen LogP contribution is -2.29. The number of aryl methyl sites for hydroxylation is 2. The molecule has 0 aliphatic carbocycles. The molecule has 0 saturated heterocycles. The summed E-state index contributed by atoms with van der Waals surface area (Å²) in [6.45, 7) is 3.70. The summed E-state index contributed by atoms with van der Waals surface area (Å²) in [6.07, 6.45) is -0.757. The van der Waals surface area contributed by atoms with Crippen LogP contribution in [0.1, 0.15) is 32.7 Å². The maximum Gasteiger partial charge on any atom is 0.257 e. The van der Waals surface area contributed by atoms with Crippen molar-refractivity contribution in [3.05, 3.63) is 62.5 Å². The van der Waals surface area contributed by atoms with Crippen LogP contribution in [-0.2, 0) is 0 Å². The van der Waals surface area contributed by atoms with Gasteiger partial charge in [-0.2, -0.15) is 0 Å². The van der Waals surface area contributed by atoms with Gasteiger partial charge in [0.25, 0.3) is 5.91 Å². The van der Waals surface area contributed by atoms with Gasteiger partial charge in [-0.05, 0) is 36.9 Å². The van der Waals surface area contributed by atoms with Gasteiger partial charge in [0.15, 0.2) is 0 Å². The van der Waals surface area contributed by atoms with Crippen LogP contribution >= 0.6 is 22.9 Å². The van der Waals surface area contributed by atoms with Crippen molar-refractivity contribution in [2.75, 3.05) is 6.54 Å². The third-order valence-corrected chi connectivity index (χ3v) is 5.33. The third kappa shape index (κ3) is 3.61. The van der Waals surface area contributed by atoms with Crippen LogP contribution in [0.25, 0.3) is 11.3 Å². The van der Waals surface area contributed by atoms with Crippen molar-refractivity contribution in [3.63, 3.8) is 0 Å². The van der Waals surface area contributed by atoms with E-state index in [1.807, 2.05) is 24.4 Å². The van der Waals surface area contributed by atoms with Crippen molar-refractivity contribution in [1.82, 2.24) is 10.5 Å². The molecule has 2 N–H and O–H groups in total. The number of thiophene rings is 1. The molecule has 0 fully saturated rings. The van der Waals surface area contributed by atoms with E-state index in [1.54, 1.807) is 25.1 Å². The van der Waals surface area contributed by atoms with Crippen LogP contribution in [0.15, 0.2) is 40.2 Å². The Morgan fingerprint density at radius 3 is 2.80 bits per heavy atom. The van der Waals surface area contributed by atoms with Crippen molar-refractivity contribution in [2.45, 2.75) is 20.0 Å². The molecule has 130 valence electrons. The van der Waals surface area contributed by atoms with E-state index in [0.29, 0.717) is 27.6 Å². The summed E-state index contributed by atoms with van der Waals surface area (Å²) in [5, 5.41) is 19.4. The summed E-state index contributed by atoms with van der Waals surface area (Å²) in [6, 6.07) is 9.06. The van der Waals surface area contributed by atoms with Gasteiger partial charge in [-0.3, -0.25) is 4.79 Å². The Labute approximate surface area is 154 Å². The average Bonchev–Trinajstić information content (AvgIpc) is 3.18. The molecule has 1 amide bonds. The molecule has 25 heavy (non-hydrogen) atoms. The van der Waals surface area contributed by atoms with E-state index in [1.165, 1.54) is 11.3 Å². The first-order valence-corrected chi connectivity index (χ1v) is 8.96. The van der Waals surface area contributed by atoms with Gasteiger partial charge >= 0.3 is 0 Å². The van der Waals surface area contributed by atoms with Gasteiger partial charge < -0.3 is 14.9 Å². The number of amides is 1. The van der Waals surface area contributed by atoms with Crippen molar-refractivity contribution < 1.29 is 14.4 Å². The number of hydrogen-bond donors (Lipinski definition) is 2. The number of rotatable bonds is 5. The lowest BCUT2D eigenvalue weighted by molar-refractivity contribution is 0.0916. The monoisotopic (exact) mass is 376 g/mol. The molecule has 2 aromatic heterocycles. The van der Waals surface area contributed by atoms with Crippen molar-refractivity contribution in [2.24, 2.45) is 0 Å². The molecule has 1 aromatic carbocycles. The molecule has 0 aliphatic rings. The lowest BCUT2D eigenvalue weighted by atomic mass is 10.1. The second-order valence-electron chi connectivity index (χ2n) is 5.64. The zero-order valence-electron chi connectivity index (χ0n) is 13.7. The van der Waals surface area contributed by atoms with Crippen LogP contribution in [-0.4, -0.2) is 22.7 Å². The number of nitrogens with zero attached hydrogens (tertiary/aromatic N) is 1. The largest absolute Gasteiger partial charge is 0.386 e. The van der Waals surface area contributed by atoms with Crippen LogP contribution in [0.3, 0.4) is 0 Å². The third-order valence-electron chi connectivity index (χ3n) is 3.88. The number of halogens is 1. The summed E-state index contributed by atoms with van der Waals surface area (Å²) in [7, 11) is 0. The Morgan fingerprint density at radius 1 is 1.36 bits per heavy atom. The maximum absolute atomic E-state index is 12.6. The topological polar surface area (TPSA) is 75.4 Å². The van der Waals surface area contributed by atoms with Crippen molar-refractivity contribution in [1.29, 1.82) is 0 Å². The molecule has 5 nitrogen and oxygen atoms in total. The number of nitrogens with one attached hydrogen (secondary N) is 1. The number of aliphatic hydroxyl groups excluding tert-OH is 1. The number of carbonyl (C=O) groups excluding carboxylic acids is 1. The number of aromatic nitrogens is 1. The average molecular weight is 377 g/mol. The van der Waals surface area contributed by atoms with Gasteiger partial charge in [-0.1, -0.05) is 35.0 Å². The molecule has 0 spiro atoms. The van der Waals surface area contributed by atoms with Crippen LogP contribution in [0.2, 0.25) is 5.02 Å².